The lowest BCUT2D eigenvalue weighted by molar-refractivity contribution is -0.192. The third-order valence-electron chi connectivity index (χ3n) is 1.75. The second-order valence-electron chi connectivity index (χ2n) is 2.91. The van der Waals surface area contributed by atoms with Gasteiger partial charge < -0.3 is 4.74 Å². The number of allylic oxidation sites excluding steroid dienone is 1. The van der Waals surface area contributed by atoms with E-state index in [-0.39, 0.29) is 5.76 Å². The molecule has 0 amide bonds. The van der Waals surface area contributed by atoms with Crippen molar-refractivity contribution >= 4 is 11.7 Å². The number of alkyl halides is 3. The van der Waals surface area contributed by atoms with Gasteiger partial charge in [0, 0.05) is 5.56 Å². The molecule has 0 bridgehead atoms. The number of rotatable bonds is 2. The van der Waals surface area contributed by atoms with Crippen LogP contribution in [0.3, 0.4) is 0 Å². The van der Waals surface area contributed by atoms with E-state index in [4.69, 9.17) is 0 Å². The average molecular weight is 230 g/mol. The number of ether oxygens (including phenoxy) is 1. The molecule has 0 saturated carbocycles. The minimum atomic E-state index is -4.98. The van der Waals surface area contributed by atoms with E-state index < -0.39 is 12.1 Å². The Kier molecular flexibility index (Phi) is 3.71. The molecular weight excluding hydrogens is 221 g/mol. The van der Waals surface area contributed by atoms with Gasteiger partial charge in [-0.2, -0.15) is 13.2 Å². The van der Waals surface area contributed by atoms with E-state index in [1.165, 1.54) is 13.0 Å². The molecule has 0 fully saturated rings. The molecule has 0 aromatic heterocycles. The van der Waals surface area contributed by atoms with Gasteiger partial charge in [0.15, 0.2) is 0 Å². The van der Waals surface area contributed by atoms with E-state index in [0.29, 0.717) is 5.56 Å². The van der Waals surface area contributed by atoms with Crippen LogP contribution in [-0.2, 0) is 9.53 Å². The van der Waals surface area contributed by atoms with Gasteiger partial charge in [0.1, 0.15) is 5.76 Å². The first kappa shape index (κ1) is 12.3. The van der Waals surface area contributed by atoms with Crippen molar-refractivity contribution in [3.8, 4) is 0 Å². The van der Waals surface area contributed by atoms with Crippen LogP contribution in [0.2, 0.25) is 0 Å². The van der Waals surface area contributed by atoms with E-state index in [1.807, 2.05) is 0 Å². The summed E-state index contributed by atoms with van der Waals surface area (Å²) in [7, 11) is 0. The highest BCUT2D eigenvalue weighted by atomic mass is 19.4. The molecule has 0 N–H and O–H groups in total. The zero-order chi connectivity index (χ0) is 12.2. The lowest BCUT2D eigenvalue weighted by Gasteiger charge is -2.09. The van der Waals surface area contributed by atoms with Crippen molar-refractivity contribution in [2.24, 2.45) is 0 Å². The van der Waals surface area contributed by atoms with Gasteiger partial charge in [0.05, 0.1) is 0 Å². The molecule has 2 nitrogen and oxygen atoms in total. The maximum absolute atomic E-state index is 12.0. The van der Waals surface area contributed by atoms with E-state index in [9.17, 15) is 18.0 Å². The van der Waals surface area contributed by atoms with Crippen LogP contribution in [0.25, 0.3) is 5.76 Å². The summed E-state index contributed by atoms with van der Waals surface area (Å²) >= 11 is 0. The Hall–Kier alpha value is -1.78. The fourth-order valence-electron chi connectivity index (χ4n) is 1.04. The first-order valence-corrected chi connectivity index (χ1v) is 4.46. The predicted octanol–water partition coefficient (Wildman–Crippen LogP) is 3.15. The Morgan fingerprint density at radius 1 is 1.25 bits per heavy atom. The normalized spacial score (nSPS) is 12.4. The van der Waals surface area contributed by atoms with Gasteiger partial charge >= 0.3 is 12.1 Å². The molecule has 0 unspecified atom stereocenters. The molecule has 0 spiro atoms. The van der Waals surface area contributed by atoms with Gasteiger partial charge in [0.2, 0.25) is 0 Å². The molecule has 0 aliphatic carbocycles. The van der Waals surface area contributed by atoms with Crippen molar-refractivity contribution in [1.82, 2.24) is 0 Å². The van der Waals surface area contributed by atoms with E-state index >= 15 is 0 Å². The van der Waals surface area contributed by atoms with Crippen LogP contribution in [0.15, 0.2) is 36.4 Å². The van der Waals surface area contributed by atoms with Gasteiger partial charge in [-0.25, -0.2) is 4.79 Å². The quantitative estimate of drug-likeness (QED) is 0.576. The molecule has 5 heteroatoms. The Labute approximate surface area is 90.3 Å². The van der Waals surface area contributed by atoms with E-state index in [2.05, 4.69) is 4.74 Å². The van der Waals surface area contributed by atoms with Crippen molar-refractivity contribution < 1.29 is 22.7 Å². The van der Waals surface area contributed by atoms with Gasteiger partial charge in [-0.1, -0.05) is 30.3 Å². The van der Waals surface area contributed by atoms with E-state index in [1.54, 1.807) is 30.3 Å². The first-order chi connectivity index (χ1) is 7.45. The van der Waals surface area contributed by atoms with Crippen LogP contribution in [0.1, 0.15) is 12.5 Å². The summed E-state index contributed by atoms with van der Waals surface area (Å²) in [5, 5.41) is 0. The fourth-order valence-corrected chi connectivity index (χ4v) is 1.04. The molecule has 16 heavy (non-hydrogen) atoms. The summed E-state index contributed by atoms with van der Waals surface area (Å²) in [6.45, 7) is 1.49. The fraction of sp³-hybridized carbons (Fsp3) is 0.182. The maximum atomic E-state index is 12.0. The molecule has 1 aromatic carbocycles. The van der Waals surface area contributed by atoms with Crippen molar-refractivity contribution in [2.75, 3.05) is 0 Å². The van der Waals surface area contributed by atoms with Crippen molar-refractivity contribution in [3.05, 3.63) is 42.0 Å². The smallest absolute Gasteiger partial charge is 0.420 e. The molecular formula is C11H9F3O2. The van der Waals surface area contributed by atoms with E-state index in [0.717, 1.165) is 0 Å². The van der Waals surface area contributed by atoms with Gasteiger partial charge in [0.25, 0.3) is 0 Å². The Morgan fingerprint density at radius 3 is 2.25 bits per heavy atom. The number of carbonyl (C=O) groups excluding carboxylic acids is 1. The summed E-state index contributed by atoms with van der Waals surface area (Å²) in [4.78, 5) is 10.6. The lowest BCUT2D eigenvalue weighted by Crippen LogP contribution is -2.24. The summed E-state index contributed by atoms with van der Waals surface area (Å²) in [5.74, 6) is -2.33. The number of halogens is 3. The van der Waals surface area contributed by atoms with Crippen LogP contribution in [0.5, 0.6) is 0 Å². The highest BCUT2D eigenvalue weighted by molar-refractivity contribution is 5.82. The van der Waals surface area contributed by atoms with Gasteiger partial charge in [-0.15, -0.1) is 0 Å². The Bertz CT molecular complexity index is 393. The molecule has 86 valence electrons. The van der Waals surface area contributed by atoms with Crippen LogP contribution >= 0.6 is 0 Å². The topological polar surface area (TPSA) is 26.3 Å². The molecule has 0 heterocycles. The highest BCUT2D eigenvalue weighted by Gasteiger charge is 2.41. The van der Waals surface area contributed by atoms with Crippen LogP contribution in [-0.4, -0.2) is 12.1 Å². The highest BCUT2D eigenvalue weighted by Crippen LogP contribution is 2.22. The zero-order valence-electron chi connectivity index (χ0n) is 8.41. The number of hydrogen-bond donors (Lipinski definition) is 0. The molecule has 1 aromatic rings. The summed E-state index contributed by atoms with van der Waals surface area (Å²) in [6, 6.07) is 8.10. The van der Waals surface area contributed by atoms with Crippen molar-refractivity contribution in [1.29, 1.82) is 0 Å². The summed E-state index contributed by atoms with van der Waals surface area (Å²) < 4.78 is 40.1. The van der Waals surface area contributed by atoms with Crippen molar-refractivity contribution in [2.45, 2.75) is 13.1 Å². The largest absolute Gasteiger partial charge is 0.491 e. The average Bonchev–Trinajstić information content (AvgIpc) is 2.25. The Morgan fingerprint density at radius 2 is 1.81 bits per heavy atom. The molecule has 0 aliphatic rings. The third kappa shape index (κ3) is 3.12. The van der Waals surface area contributed by atoms with Crippen LogP contribution in [0, 0.1) is 0 Å². The lowest BCUT2D eigenvalue weighted by atomic mass is 10.2. The second-order valence-corrected chi connectivity index (χ2v) is 2.91. The maximum Gasteiger partial charge on any atom is 0.491 e. The molecule has 0 saturated heterocycles. The second kappa shape index (κ2) is 4.83. The Balaban J connectivity index is 2.84. The molecule has 0 radical (unpaired) electrons. The monoisotopic (exact) mass is 230 g/mol. The van der Waals surface area contributed by atoms with Crippen molar-refractivity contribution in [3.63, 3.8) is 0 Å². The third-order valence-corrected chi connectivity index (χ3v) is 1.75. The first-order valence-electron chi connectivity index (χ1n) is 4.46. The predicted molar refractivity (Wildman–Crippen MR) is 52.2 cm³/mol. The number of esters is 1. The number of carbonyl (C=O) groups is 1. The zero-order valence-corrected chi connectivity index (χ0v) is 8.41. The van der Waals surface area contributed by atoms with Crippen LogP contribution in [0.4, 0.5) is 13.2 Å². The minimum Gasteiger partial charge on any atom is -0.420 e. The summed E-state index contributed by atoms with van der Waals surface area (Å²) in [6.07, 6.45) is -3.68. The summed E-state index contributed by atoms with van der Waals surface area (Å²) in [5.41, 5.74) is 0.419. The minimum absolute atomic E-state index is 0.108. The molecule has 1 rings (SSSR count). The molecule has 0 atom stereocenters. The molecule has 0 aliphatic heterocycles. The van der Waals surface area contributed by atoms with Crippen LogP contribution < -0.4 is 0 Å². The number of hydrogen-bond acceptors (Lipinski definition) is 2. The van der Waals surface area contributed by atoms with Gasteiger partial charge in [-0.3, -0.25) is 0 Å². The SMILES string of the molecule is C/C=C(/OC(=O)C(F)(F)F)c1ccccc1. The van der Waals surface area contributed by atoms with Gasteiger partial charge in [-0.05, 0) is 13.0 Å². The number of benzene rings is 1. The standard InChI is InChI=1S/C11H9F3O2/c1-2-9(8-6-4-3-5-7-8)16-10(15)11(12,13)14/h2-7H,1H3/b9-2+.